The summed E-state index contributed by atoms with van der Waals surface area (Å²) in [6.07, 6.45) is 12.5. The van der Waals surface area contributed by atoms with E-state index in [9.17, 15) is 9.59 Å². The molecule has 3 heterocycles. The molecular weight excluding hydrogens is 424 g/mol. The van der Waals surface area contributed by atoms with Crippen molar-refractivity contribution in [2.24, 2.45) is 34.5 Å². The number of piperazine rings is 1. The van der Waals surface area contributed by atoms with Gasteiger partial charge in [0.1, 0.15) is 5.82 Å². The highest BCUT2D eigenvalue weighted by Crippen LogP contribution is 2.63. The predicted molar refractivity (Wildman–Crippen MR) is 130 cm³/mol. The normalized spacial score (nSPS) is 37.8. The Kier molecular flexibility index (Phi) is 4.80. The highest BCUT2D eigenvalue weighted by atomic mass is 16.2. The van der Waals surface area contributed by atoms with E-state index < -0.39 is 0 Å². The van der Waals surface area contributed by atoms with Crippen LogP contribution in [0.3, 0.4) is 0 Å². The van der Waals surface area contributed by atoms with Crippen LogP contribution in [0.2, 0.25) is 0 Å². The van der Waals surface area contributed by atoms with Gasteiger partial charge in [0.15, 0.2) is 0 Å². The van der Waals surface area contributed by atoms with Crippen molar-refractivity contribution in [1.29, 1.82) is 0 Å². The molecule has 1 unspecified atom stereocenters. The molecule has 8 rings (SSSR count). The molecule has 0 N–H and O–H groups in total. The van der Waals surface area contributed by atoms with Crippen LogP contribution in [0, 0.1) is 34.5 Å². The smallest absolute Gasteiger partial charge is 0.228 e. The maximum atomic E-state index is 13.7. The Morgan fingerprint density at radius 2 is 1.44 bits per heavy atom. The third-order valence-corrected chi connectivity index (χ3v) is 10.6. The fraction of sp³-hybridized carbons (Fsp3) is 0.750. The SMILES string of the molecule is O=C(C1CC12CCN(C(=O)C13CC4CC(CC(C4)C1)C3)CC2)N1CCN(c2ccccn2)CC1. The summed E-state index contributed by atoms with van der Waals surface area (Å²) in [4.78, 5) is 38.1. The fourth-order valence-corrected chi connectivity index (χ4v) is 9.03. The van der Waals surface area contributed by atoms with Crippen molar-refractivity contribution in [2.75, 3.05) is 44.2 Å². The predicted octanol–water partition coefficient (Wildman–Crippen LogP) is 3.58. The number of nitrogens with zero attached hydrogens (tertiary/aromatic N) is 4. The Balaban J connectivity index is 0.938. The zero-order chi connectivity index (χ0) is 22.9. The van der Waals surface area contributed by atoms with Crippen LogP contribution in [0.15, 0.2) is 24.4 Å². The molecule has 182 valence electrons. The fourth-order valence-electron chi connectivity index (χ4n) is 9.03. The Morgan fingerprint density at radius 3 is 2.03 bits per heavy atom. The summed E-state index contributed by atoms with van der Waals surface area (Å²) in [6, 6.07) is 6.01. The lowest BCUT2D eigenvalue weighted by Crippen LogP contribution is -2.56. The van der Waals surface area contributed by atoms with Crippen molar-refractivity contribution in [1.82, 2.24) is 14.8 Å². The van der Waals surface area contributed by atoms with Gasteiger partial charge in [0.25, 0.3) is 0 Å². The van der Waals surface area contributed by atoms with E-state index in [-0.39, 0.29) is 16.7 Å². The summed E-state index contributed by atoms with van der Waals surface area (Å²) >= 11 is 0. The number of anilines is 1. The maximum Gasteiger partial charge on any atom is 0.228 e. The van der Waals surface area contributed by atoms with Crippen molar-refractivity contribution in [3.05, 3.63) is 24.4 Å². The molecule has 2 amide bonds. The van der Waals surface area contributed by atoms with Crippen LogP contribution < -0.4 is 4.90 Å². The second-order valence-electron chi connectivity index (χ2n) is 12.6. The van der Waals surface area contributed by atoms with Crippen molar-refractivity contribution >= 4 is 17.6 Å². The largest absolute Gasteiger partial charge is 0.353 e. The molecule has 6 heteroatoms. The van der Waals surface area contributed by atoms with Gasteiger partial charge in [-0.15, -0.1) is 0 Å². The molecule has 1 aromatic heterocycles. The quantitative estimate of drug-likeness (QED) is 0.689. The molecule has 6 nitrogen and oxygen atoms in total. The lowest BCUT2D eigenvalue weighted by Gasteiger charge is -2.57. The van der Waals surface area contributed by atoms with Gasteiger partial charge >= 0.3 is 0 Å². The van der Waals surface area contributed by atoms with E-state index in [0.29, 0.717) is 11.8 Å². The number of aromatic nitrogens is 1. The molecular formula is C28H38N4O2. The van der Waals surface area contributed by atoms with E-state index >= 15 is 0 Å². The van der Waals surface area contributed by atoms with Gasteiger partial charge < -0.3 is 14.7 Å². The number of amides is 2. The number of carbonyl (C=O) groups is 2. The minimum Gasteiger partial charge on any atom is -0.353 e. The number of hydrogen-bond acceptors (Lipinski definition) is 4. The van der Waals surface area contributed by atoms with Gasteiger partial charge in [-0.25, -0.2) is 4.98 Å². The Bertz CT molecular complexity index is 927. The number of carbonyl (C=O) groups excluding carboxylic acids is 2. The first-order chi connectivity index (χ1) is 16.5. The summed E-state index contributed by atoms with van der Waals surface area (Å²) in [5.41, 5.74) is 0.152. The van der Waals surface area contributed by atoms with Crippen molar-refractivity contribution in [2.45, 2.75) is 57.8 Å². The van der Waals surface area contributed by atoms with E-state index in [1.54, 1.807) is 0 Å². The van der Waals surface area contributed by atoms with Crippen LogP contribution >= 0.6 is 0 Å². The van der Waals surface area contributed by atoms with E-state index in [0.717, 1.165) is 101 Å². The van der Waals surface area contributed by atoms with Gasteiger partial charge in [0.05, 0.1) is 5.41 Å². The number of likely N-dealkylation sites (tertiary alicyclic amines) is 1. The zero-order valence-corrected chi connectivity index (χ0v) is 20.3. The second-order valence-corrected chi connectivity index (χ2v) is 12.6. The van der Waals surface area contributed by atoms with E-state index in [4.69, 9.17) is 0 Å². The lowest BCUT2D eigenvalue weighted by molar-refractivity contribution is -0.159. The summed E-state index contributed by atoms with van der Waals surface area (Å²) in [7, 11) is 0. The topological polar surface area (TPSA) is 56.8 Å². The Morgan fingerprint density at radius 1 is 0.794 bits per heavy atom. The molecule has 2 aliphatic heterocycles. The highest BCUT2D eigenvalue weighted by molar-refractivity contribution is 5.85. The Hall–Kier alpha value is -2.11. The number of rotatable bonds is 3. The van der Waals surface area contributed by atoms with Crippen LogP contribution in [0.25, 0.3) is 0 Å². The molecule has 1 spiro atoms. The Labute approximate surface area is 203 Å². The van der Waals surface area contributed by atoms with Gasteiger partial charge in [0, 0.05) is 51.4 Å². The molecule has 4 bridgehead atoms. The summed E-state index contributed by atoms with van der Waals surface area (Å²) in [5.74, 6) is 4.48. The molecule has 5 aliphatic carbocycles. The van der Waals surface area contributed by atoms with Gasteiger partial charge in [-0.3, -0.25) is 9.59 Å². The van der Waals surface area contributed by atoms with Gasteiger partial charge in [-0.05, 0) is 93.1 Å². The van der Waals surface area contributed by atoms with Gasteiger partial charge in [0.2, 0.25) is 11.8 Å². The van der Waals surface area contributed by atoms with Crippen LogP contribution in [-0.2, 0) is 9.59 Å². The first-order valence-corrected chi connectivity index (χ1v) is 13.8. The average molecular weight is 463 g/mol. The first kappa shape index (κ1) is 21.2. The monoisotopic (exact) mass is 462 g/mol. The maximum absolute atomic E-state index is 13.7. The first-order valence-electron chi connectivity index (χ1n) is 13.8. The number of hydrogen-bond donors (Lipinski definition) is 0. The van der Waals surface area contributed by atoms with Crippen LogP contribution in [0.5, 0.6) is 0 Å². The lowest BCUT2D eigenvalue weighted by atomic mass is 9.49. The van der Waals surface area contributed by atoms with Crippen molar-refractivity contribution in [3.8, 4) is 0 Å². The summed E-state index contributed by atoms with van der Waals surface area (Å²) in [6.45, 7) is 5.04. The highest BCUT2D eigenvalue weighted by Gasteiger charge is 2.61. The van der Waals surface area contributed by atoms with E-state index in [2.05, 4.69) is 19.7 Å². The zero-order valence-electron chi connectivity index (χ0n) is 20.3. The molecule has 1 atom stereocenters. The summed E-state index contributed by atoms with van der Waals surface area (Å²) < 4.78 is 0. The molecule has 7 aliphatic rings. The summed E-state index contributed by atoms with van der Waals surface area (Å²) in [5, 5.41) is 0. The van der Waals surface area contributed by atoms with E-state index in [1.165, 1.54) is 19.3 Å². The van der Waals surface area contributed by atoms with E-state index in [1.807, 2.05) is 24.4 Å². The molecule has 0 aromatic carbocycles. The standard InChI is InChI=1S/C28H38N4O2/c33-25(31-11-9-30(10-12-31)24-3-1-2-6-29-24)23-19-27(23)4-7-32(8-5-27)26(34)28-16-20-13-21(17-28)15-22(14-20)18-28/h1-3,6,20-23H,4-5,7-19H2. The molecule has 2 saturated heterocycles. The molecule has 1 aromatic rings. The third-order valence-electron chi connectivity index (χ3n) is 10.6. The van der Waals surface area contributed by atoms with Crippen molar-refractivity contribution < 1.29 is 9.59 Å². The minimum atomic E-state index is -0.0225. The van der Waals surface area contributed by atoms with Crippen LogP contribution in [-0.4, -0.2) is 65.9 Å². The van der Waals surface area contributed by atoms with Gasteiger partial charge in [-0.2, -0.15) is 0 Å². The van der Waals surface area contributed by atoms with Crippen LogP contribution in [0.4, 0.5) is 5.82 Å². The second kappa shape index (κ2) is 7.69. The molecule has 0 radical (unpaired) electrons. The van der Waals surface area contributed by atoms with Gasteiger partial charge in [-0.1, -0.05) is 6.07 Å². The molecule has 5 saturated carbocycles. The number of piperidine rings is 1. The average Bonchev–Trinajstić information content (AvgIpc) is 3.56. The molecule has 7 fully saturated rings. The van der Waals surface area contributed by atoms with Crippen LogP contribution in [0.1, 0.15) is 57.8 Å². The molecule has 34 heavy (non-hydrogen) atoms. The third kappa shape index (κ3) is 3.38. The minimum absolute atomic E-state index is 0.0225. The number of pyridine rings is 1. The van der Waals surface area contributed by atoms with Crippen molar-refractivity contribution in [3.63, 3.8) is 0 Å².